The Bertz CT molecular complexity index is 687. The number of carbonyl (C=O) groups excluding carboxylic acids is 1. The molecule has 0 unspecified atom stereocenters. The number of ketones is 1. The summed E-state index contributed by atoms with van der Waals surface area (Å²) < 4.78 is 5.45. The average molecular weight is 273 g/mol. The van der Waals surface area contributed by atoms with Crippen molar-refractivity contribution in [2.45, 2.75) is 0 Å². The molecule has 0 saturated carbocycles. The van der Waals surface area contributed by atoms with E-state index in [-0.39, 0.29) is 17.3 Å². The van der Waals surface area contributed by atoms with E-state index in [1.165, 1.54) is 12.1 Å². The first-order valence-corrected chi connectivity index (χ1v) is 6.04. The van der Waals surface area contributed by atoms with E-state index in [9.17, 15) is 9.90 Å². The van der Waals surface area contributed by atoms with Crippen molar-refractivity contribution < 1.29 is 14.6 Å². The standard InChI is InChI=1S/C15H9ClO3/c16-10-3-1-9(2-4-10)7-14-15(18)12-6-5-11(17)8-13(12)19-14/h1-8,17H. The molecule has 0 fully saturated rings. The lowest BCUT2D eigenvalue weighted by atomic mass is 10.1. The number of fused-ring (bicyclic) bond motifs is 1. The van der Waals surface area contributed by atoms with Gasteiger partial charge >= 0.3 is 0 Å². The molecule has 2 aromatic rings. The number of hydrogen-bond donors (Lipinski definition) is 1. The summed E-state index contributed by atoms with van der Waals surface area (Å²) in [6.07, 6.45) is 1.65. The molecule has 3 nitrogen and oxygen atoms in total. The molecule has 3 rings (SSSR count). The van der Waals surface area contributed by atoms with Gasteiger partial charge in [-0.15, -0.1) is 0 Å². The number of hydrogen-bond acceptors (Lipinski definition) is 3. The van der Waals surface area contributed by atoms with Crippen LogP contribution in [0.25, 0.3) is 6.08 Å². The molecule has 4 heteroatoms. The minimum atomic E-state index is -0.190. The van der Waals surface area contributed by atoms with Crippen LogP contribution in [-0.2, 0) is 0 Å². The van der Waals surface area contributed by atoms with Crippen LogP contribution in [0.15, 0.2) is 48.2 Å². The van der Waals surface area contributed by atoms with Crippen LogP contribution in [0.5, 0.6) is 11.5 Å². The Balaban J connectivity index is 1.97. The molecule has 0 aromatic heterocycles. The van der Waals surface area contributed by atoms with Crippen molar-refractivity contribution in [3.8, 4) is 11.5 Å². The van der Waals surface area contributed by atoms with Crippen LogP contribution in [0.4, 0.5) is 0 Å². The third-order valence-electron chi connectivity index (χ3n) is 2.82. The highest BCUT2D eigenvalue weighted by molar-refractivity contribution is 6.30. The minimum Gasteiger partial charge on any atom is -0.508 e. The third-order valence-corrected chi connectivity index (χ3v) is 3.07. The van der Waals surface area contributed by atoms with Gasteiger partial charge in [-0.1, -0.05) is 23.7 Å². The van der Waals surface area contributed by atoms with Gasteiger partial charge in [-0.3, -0.25) is 4.79 Å². The van der Waals surface area contributed by atoms with Gasteiger partial charge in [-0.2, -0.15) is 0 Å². The Hall–Kier alpha value is -2.26. The summed E-state index contributed by atoms with van der Waals surface area (Å²) >= 11 is 5.80. The number of phenols is 1. The normalized spacial score (nSPS) is 15.4. The number of rotatable bonds is 1. The van der Waals surface area contributed by atoms with Crippen LogP contribution in [0.3, 0.4) is 0 Å². The van der Waals surface area contributed by atoms with Gasteiger partial charge in [0.05, 0.1) is 5.56 Å². The van der Waals surface area contributed by atoms with Crippen LogP contribution in [0, 0.1) is 0 Å². The van der Waals surface area contributed by atoms with Crippen molar-refractivity contribution in [3.05, 3.63) is 64.4 Å². The van der Waals surface area contributed by atoms with Crippen molar-refractivity contribution in [1.29, 1.82) is 0 Å². The number of allylic oxidation sites excluding steroid dienone is 1. The average Bonchev–Trinajstić information content (AvgIpc) is 2.68. The van der Waals surface area contributed by atoms with Crippen LogP contribution in [-0.4, -0.2) is 10.9 Å². The zero-order chi connectivity index (χ0) is 13.4. The highest BCUT2D eigenvalue weighted by Crippen LogP contribution is 2.34. The fourth-order valence-corrected chi connectivity index (χ4v) is 2.01. The molecule has 1 heterocycles. The van der Waals surface area contributed by atoms with E-state index < -0.39 is 0 Å². The van der Waals surface area contributed by atoms with E-state index in [1.54, 1.807) is 36.4 Å². The smallest absolute Gasteiger partial charge is 0.231 e. The lowest BCUT2D eigenvalue weighted by molar-refractivity contribution is 0.101. The predicted molar refractivity (Wildman–Crippen MR) is 72.5 cm³/mol. The highest BCUT2D eigenvalue weighted by Gasteiger charge is 2.27. The number of carbonyl (C=O) groups is 1. The van der Waals surface area contributed by atoms with Crippen molar-refractivity contribution >= 4 is 23.5 Å². The van der Waals surface area contributed by atoms with Gasteiger partial charge in [0.15, 0.2) is 5.76 Å². The second-order valence-electron chi connectivity index (χ2n) is 4.17. The van der Waals surface area contributed by atoms with Crippen LogP contribution < -0.4 is 4.74 Å². The van der Waals surface area contributed by atoms with Crippen molar-refractivity contribution in [3.63, 3.8) is 0 Å². The molecule has 2 aromatic carbocycles. The predicted octanol–water partition coefficient (Wildman–Crippen LogP) is 3.66. The molecule has 0 saturated heterocycles. The van der Waals surface area contributed by atoms with Gasteiger partial charge in [0, 0.05) is 11.1 Å². The monoisotopic (exact) mass is 272 g/mol. The molecule has 1 N–H and O–H groups in total. The molecule has 0 radical (unpaired) electrons. The molecule has 0 atom stereocenters. The topological polar surface area (TPSA) is 46.5 Å². The van der Waals surface area contributed by atoms with E-state index in [2.05, 4.69) is 0 Å². The van der Waals surface area contributed by atoms with Crippen LogP contribution >= 0.6 is 11.6 Å². The summed E-state index contributed by atoms with van der Waals surface area (Å²) in [6.45, 7) is 0. The Morgan fingerprint density at radius 2 is 1.84 bits per heavy atom. The Morgan fingerprint density at radius 3 is 2.58 bits per heavy atom. The zero-order valence-corrected chi connectivity index (χ0v) is 10.5. The number of Topliss-reactive ketones (excluding diaryl/α,β-unsaturated/α-hetero) is 1. The maximum atomic E-state index is 12.1. The van der Waals surface area contributed by atoms with Gasteiger partial charge in [-0.05, 0) is 35.9 Å². The zero-order valence-electron chi connectivity index (χ0n) is 9.76. The third kappa shape index (κ3) is 2.20. The van der Waals surface area contributed by atoms with Gasteiger partial charge in [0.25, 0.3) is 0 Å². The molecule has 0 bridgehead atoms. The number of benzene rings is 2. The van der Waals surface area contributed by atoms with Gasteiger partial charge in [0.2, 0.25) is 5.78 Å². The first-order chi connectivity index (χ1) is 9.13. The molecule has 1 aliphatic rings. The van der Waals surface area contributed by atoms with Crippen molar-refractivity contribution in [1.82, 2.24) is 0 Å². The van der Waals surface area contributed by atoms with Gasteiger partial charge in [0.1, 0.15) is 11.5 Å². The SMILES string of the molecule is O=C1C(=Cc2ccc(Cl)cc2)Oc2cc(O)ccc21. The number of aromatic hydroxyl groups is 1. The maximum Gasteiger partial charge on any atom is 0.231 e. The molecule has 0 aliphatic carbocycles. The summed E-state index contributed by atoms with van der Waals surface area (Å²) in [5.41, 5.74) is 1.28. The molecular weight excluding hydrogens is 264 g/mol. The maximum absolute atomic E-state index is 12.1. The van der Waals surface area contributed by atoms with Gasteiger partial charge < -0.3 is 9.84 Å². The lowest BCUT2D eigenvalue weighted by Gasteiger charge is -1.99. The summed E-state index contributed by atoms with van der Waals surface area (Å²) in [5, 5.41) is 10.00. The molecule has 1 aliphatic heterocycles. The second kappa shape index (κ2) is 4.44. The fraction of sp³-hybridized carbons (Fsp3) is 0. The summed E-state index contributed by atoms with van der Waals surface area (Å²) in [6, 6.07) is 11.5. The van der Waals surface area contributed by atoms with Gasteiger partial charge in [-0.25, -0.2) is 0 Å². The fourth-order valence-electron chi connectivity index (χ4n) is 1.89. The quantitative estimate of drug-likeness (QED) is 0.806. The number of phenolic OH excluding ortho intramolecular Hbond substituents is 1. The number of halogens is 1. The molecular formula is C15H9ClO3. The molecule has 94 valence electrons. The second-order valence-corrected chi connectivity index (χ2v) is 4.61. The van der Waals surface area contributed by atoms with E-state index in [4.69, 9.17) is 16.3 Å². The van der Waals surface area contributed by atoms with E-state index >= 15 is 0 Å². The summed E-state index contributed by atoms with van der Waals surface area (Å²) in [7, 11) is 0. The van der Waals surface area contributed by atoms with Crippen LogP contribution in [0.1, 0.15) is 15.9 Å². The lowest BCUT2D eigenvalue weighted by Crippen LogP contribution is -1.97. The van der Waals surface area contributed by atoms with Crippen molar-refractivity contribution in [2.24, 2.45) is 0 Å². The van der Waals surface area contributed by atoms with Crippen LogP contribution in [0.2, 0.25) is 5.02 Å². The Kier molecular flexibility index (Phi) is 2.76. The highest BCUT2D eigenvalue weighted by atomic mass is 35.5. The summed E-state index contributed by atoms with van der Waals surface area (Å²) in [4.78, 5) is 12.1. The first-order valence-electron chi connectivity index (χ1n) is 5.66. The largest absolute Gasteiger partial charge is 0.508 e. The molecule has 19 heavy (non-hydrogen) atoms. The Morgan fingerprint density at radius 1 is 1.11 bits per heavy atom. The Labute approximate surface area is 114 Å². The molecule has 0 amide bonds. The number of ether oxygens (including phenoxy) is 1. The van der Waals surface area contributed by atoms with Crippen molar-refractivity contribution in [2.75, 3.05) is 0 Å². The first kappa shape index (κ1) is 11.8. The molecule has 0 spiro atoms. The minimum absolute atomic E-state index is 0.0688. The summed E-state index contributed by atoms with van der Waals surface area (Å²) in [5.74, 6) is 0.498. The van der Waals surface area contributed by atoms with E-state index in [0.717, 1.165) is 5.56 Å². The van der Waals surface area contributed by atoms with E-state index in [1.807, 2.05) is 0 Å². The van der Waals surface area contributed by atoms with E-state index in [0.29, 0.717) is 16.3 Å².